The zero-order valence-electron chi connectivity index (χ0n) is 10.2. The van der Waals surface area contributed by atoms with Crippen LogP contribution in [-0.4, -0.2) is 23.5 Å². The van der Waals surface area contributed by atoms with E-state index in [2.05, 4.69) is 5.32 Å². The van der Waals surface area contributed by atoms with Crippen LogP contribution in [0.1, 0.15) is 13.8 Å². The van der Waals surface area contributed by atoms with Gasteiger partial charge in [-0.25, -0.2) is 9.10 Å². The van der Waals surface area contributed by atoms with Crippen molar-refractivity contribution in [2.45, 2.75) is 20.0 Å². The molecule has 0 aliphatic heterocycles. The maximum atomic E-state index is 11.8. The lowest BCUT2D eigenvalue weighted by Gasteiger charge is -2.17. The highest BCUT2D eigenvalue weighted by Crippen LogP contribution is 2.25. The molecule has 4 nitrogen and oxygen atoms in total. The van der Waals surface area contributed by atoms with Crippen molar-refractivity contribution in [2.75, 3.05) is 12.4 Å². The molecule has 1 aromatic carbocycles. The molecule has 2 amide bonds. The van der Waals surface area contributed by atoms with Gasteiger partial charge in [-0.15, -0.1) is 0 Å². The number of carbonyl (C=O) groups excluding carboxylic acids is 1. The molecule has 18 heavy (non-hydrogen) atoms. The third-order valence-corrected chi connectivity index (χ3v) is 3.40. The van der Waals surface area contributed by atoms with Crippen molar-refractivity contribution in [3.8, 4) is 0 Å². The number of anilines is 1. The number of urea groups is 1. The predicted octanol–water partition coefficient (Wildman–Crippen LogP) is 4.45. The lowest BCUT2D eigenvalue weighted by molar-refractivity contribution is 0.235. The third kappa shape index (κ3) is 4.94. The highest BCUT2D eigenvalue weighted by Gasteiger charge is 2.11. The molecule has 0 unspecified atom stereocenters. The van der Waals surface area contributed by atoms with E-state index in [1.807, 2.05) is 13.8 Å². The Bertz CT molecular complexity index is 430. The average Bonchev–Trinajstić information content (AvgIpc) is 2.30. The third-order valence-electron chi connectivity index (χ3n) is 1.80. The van der Waals surface area contributed by atoms with Crippen molar-refractivity contribution in [3.05, 3.63) is 28.2 Å². The molecule has 0 aromatic heterocycles. The molecule has 7 heteroatoms. The van der Waals surface area contributed by atoms with Crippen LogP contribution < -0.4 is 5.32 Å². The number of benzene rings is 1. The van der Waals surface area contributed by atoms with E-state index in [0.29, 0.717) is 15.7 Å². The summed E-state index contributed by atoms with van der Waals surface area (Å²) in [5.74, 6) is 0. The van der Waals surface area contributed by atoms with Gasteiger partial charge < -0.3 is 5.32 Å². The van der Waals surface area contributed by atoms with Gasteiger partial charge in [0.05, 0.1) is 16.1 Å². The molecule has 0 aliphatic rings. The first-order chi connectivity index (χ1) is 8.40. The monoisotopic (exact) mass is 308 g/mol. The fourth-order valence-electron chi connectivity index (χ4n) is 0.961. The Morgan fingerprint density at radius 3 is 2.61 bits per heavy atom. The lowest BCUT2D eigenvalue weighted by atomic mass is 10.3. The molecule has 0 saturated carbocycles. The summed E-state index contributed by atoms with van der Waals surface area (Å²) in [5, 5.41) is 3.51. The minimum absolute atomic E-state index is 0.0372. The summed E-state index contributed by atoms with van der Waals surface area (Å²) in [6.07, 6.45) is 0.0372. The van der Waals surface area contributed by atoms with Gasteiger partial charge in [-0.3, -0.25) is 4.18 Å². The molecule has 0 saturated heterocycles. The molecule has 0 bridgehead atoms. The maximum absolute atomic E-state index is 11.8. The molecular weight excluding hydrogens is 295 g/mol. The van der Waals surface area contributed by atoms with Gasteiger partial charge in [0.2, 0.25) is 0 Å². The predicted molar refractivity (Wildman–Crippen MR) is 77.1 cm³/mol. The summed E-state index contributed by atoms with van der Waals surface area (Å²) in [4.78, 5) is 11.8. The highest BCUT2D eigenvalue weighted by molar-refractivity contribution is 7.92. The minimum atomic E-state index is -0.306. The molecule has 0 aliphatic carbocycles. The van der Waals surface area contributed by atoms with Crippen molar-refractivity contribution >= 4 is 47.1 Å². The lowest BCUT2D eigenvalue weighted by Crippen LogP contribution is -2.26. The molecule has 0 fully saturated rings. The molecule has 1 aromatic rings. The van der Waals surface area contributed by atoms with Gasteiger partial charge >= 0.3 is 6.03 Å². The van der Waals surface area contributed by atoms with Crippen molar-refractivity contribution < 1.29 is 8.98 Å². The van der Waals surface area contributed by atoms with Crippen LogP contribution in [0.25, 0.3) is 0 Å². The number of nitrogens with one attached hydrogen (secondary N) is 1. The zero-order chi connectivity index (χ0) is 13.7. The van der Waals surface area contributed by atoms with E-state index in [-0.39, 0.29) is 12.1 Å². The van der Waals surface area contributed by atoms with E-state index >= 15 is 0 Å². The van der Waals surface area contributed by atoms with Gasteiger partial charge in [0.1, 0.15) is 12.2 Å². The number of rotatable bonds is 4. The summed E-state index contributed by atoms with van der Waals surface area (Å²) in [6.45, 7) is 3.77. The van der Waals surface area contributed by atoms with E-state index in [1.165, 1.54) is 4.31 Å². The first-order valence-corrected chi connectivity index (χ1v) is 6.68. The standard InChI is InChI=1S/C11H14Cl2N2O2S/c1-7(2)17-18-15(3)11(16)14-8-4-5-9(12)10(13)6-8/h4-7H,1-3H3,(H,14,16). The molecule has 1 rings (SSSR count). The van der Waals surface area contributed by atoms with E-state index in [9.17, 15) is 4.79 Å². The van der Waals surface area contributed by atoms with Crippen LogP contribution in [0, 0.1) is 0 Å². The van der Waals surface area contributed by atoms with Crippen LogP contribution in [0.3, 0.4) is 0 Å². The maximum Gasteiger partial charge on any atom is 0.333 e. The quantitative estimate of drug-likeness (QED) is 0.660. The fraction of sp³-hybridized carbons (Fsp3) is 0.364. The number of nitrogens with zero attached hydrogens (tertiary/aromatic N) is 1. The summed E-state index contributed by atoms with van der Waals surface area (Å²) in [6, 6.07) is 4.58. The fourth-order valence-corrected chi connectivity index (χ4v) is 1.67. The molecule has 1 N–H and O–H groups in total. The Morgan fingerprint density at radius 1 is 1.39 bits per heavy atom. The first-order valence-electron chi connectivity index (χ1n) is 5.23. The van der Waals surface area contributed by atoms with Gasteiger partial charge in [0.15, 0.2) is 0 Å². The second-order valence-corrected chi connectivity index (χ2v) is 5.48. The Labute approximate surface area is 121 Å². The normalized spacial score (nSPS) is 10.6. The molecular formula is C11H14Cl2N2O2S. The van der Waals surface area contributed by atoms with Gasteiger partial charge in [0, 0.05) is 12.7 Å². The Kier molecular flexibility index (Phi) is 6.08. The van der Waals surface area contributed by atoms with Gasteiger partial charge in [0.25, 0.3) is 0 Å². The van der Waals surface area contributed by atoms with Crippen molar-refractivity contribution in [1.29, 1.82) is 0 Å². The van der Waals surface area contributed by atoms with Crippen LogP contribution in [-0.2, 0) is 4.18 Å². The van der Waals surface area contributed by atoms with Gasteiger partial charge in [-0.1, -0.05) is 23.2 Å². The second-order valence-electron chi connectivity index (χ2n) is 3.78. The highest BCUT2D eigenvalue weighted by atomic mass is 35.5. The van der Waals surface area contributed by atoms with Crippen molar-refractivity contribution in [2.24, 2.45) is 0 Å². The SMILES string of the molecule is CC(C)OSN(C)C(=O)Nc1ccc(Cl)c(Cl)c1. The number of amides is 2. The molecule has 0 spiro atoms. The minimum Gasteiger partial charge on any atom is -0.307 e. The number of hydrogen-bond donors (Lipinski definition) is 1. The average molecular weight is 309 g/mol. The first kappa shape index (κ1) is 15.4. The summed E-state index contributed by atoms with van der Waals surface area (Å²) in [5.41, 5.74) is 0.575. The molecule has 0 radical (unpaired) electrons. The van der Waals surface area contributed by atoms with E-state index in [1.54, 1.807) is 25.2 Å². The van der Waals surface area contributed by atoms with Gasteiger partial charge in [-0.05, 0) is 32.0 Å². The molecule has 100 valence electrons. The van der Waals surface area contributed by atoms with Crippen LogP contribution >= 0.6 is 35.4 Å². The summed E-state index contributed by atoms with van der Waals surface area (Å²) >= 11 is 12.6. The van der Waals surface area contributed by atoms with E-state index < -0.39 is 0 Å². The van der Waals surface area contributed by atoms with Crippen LogP contribution in [0.5, 0.6) is 0 Å². The smallest absolute Gasteiger partial charge is 0.307 e. The van der Waals surface area contributed by atoms with Crippen molar-refractivity contribution in [3.63, 3.8) is 0 Å². The molecule has 0 heterocycles. The van der Waals surface area contributed by atoms with Crippen LogP contribution in [0.15, 0.2) is 18.2 Å². The van der Waals surface area contributed by atoms with Crippen molar-refractivity contribution in [1.82, 2.24) is 4.31 Å². The number of halogens is 2. The van der Waals surface area contributed by atoms with Crippen LogP contribution in [0.2, 0.25) is 10.0 Å². The Balaban J connectivity index is 2.55. The molecule has 0 atom stereocenters. The second kappa shape index (κ2) is 7.09. The summed E-state index contributed by atoms with van der Waals surface area (Å²) in [7, 11) is 1.61. The largest absolute Gasteiger partial charge is 0.333 e. The Hall–Kier alpha value is -0.620. The van der Waals surface area contributed by atoms with Crippen LogP contribution in [0.4, 0.5) is 10.5 Å². The number of carbonyl (C=O) groups is 1. The topological polar surface area (TPSA) is 41.6 Å². The zero-order valence-corrected chi connectivity index (χ0v) is 12.6. The summed E-state index contributed by atoms with van der Waals surface area (Å²) < 4.78 is 6.59. The number of hydrogen-bond acceptors (Lipinski definition) is 3. The van der Waals surface area contributed by atoms with Gasteiger partial charge in [-0.2, -0.15) is 0 Å². The Morgan fingerprint density at radius 2 is 2.06 bits per heavy atom. The van der Waals surface area contributed by atoms with E-state index in [4.69, 9.17) is 27.4 Å². The van der Waals surface area contributed by atoms with E-state index in [0.717, 1.165) is 12.2 Å².